The minimum Gasteiger partial charge on any atom is -0.439 e. The van der Waals surface area contributed by atoms with Gasteiger partial charge in [0.1, 0.15) is 11.9 Å². The predicted molar refractivity (Wildman–Crippen MR) is 124 cm³/mol. The maximum atomic E-state index is 13.6. The fraction of sp³-hybridized carbons (Fsp3) is 0.520. The molecule has 0 saturated carbocycles. The summed E-state index contributed by atoms with van der Waals surface area (Å²) < 4.78 is 85.7. The zero-order chi connectivity index (χ0) is 27.0. The second-order valence-electron chi connectivity index (χ2n) is 9.27. The van der Waals surface area contributed by atoms with Gasteiger partial charge in [0.2, 0.25) is 0 Å². The number of carbonyl (C=O) groups is 1. The average Bonchev–Trinajstić information content (AvgIpc) is 3.13. The molecular weight excluding hydrogens is 502 g/mol. The number of halogens is 6. The van der Waals surface area contributed by atoms with E-state index in [2.05, 4.69) is 10.3 Å². The van der Waals surface area contributed by atoms with Gasteiger partial charge in [-0.25, -0.2) is 9.78 Å². The molecule has 2 aromatic rings. The first-order valence-corrected chi connectivity index (χ1v) is 12.1. The van der Waals surface area contributed by atoms with Crippen LogP contribution in [-0.2, 0) is 23.6 Å². The van der Waals surface area contributed by atoms with Gasteiger partial charge in [-0.15, -0.1) is 0 Å². The molecule has 202 valence electrons. The lowest BCUT2D eigenvalue weighted by molar-refractivity contribution is -0.138. The second kappa shape index (κ2) is 10.4. The molecule has 2 saturated heterocycles. The Balaban J connectivity index is 1.66. The van der Waals surface area contributed by atoms with Gasteiger partial charge in [0, 0.05) is 24.3 Å². The van der Waals surface area contributed by atoms with Crippen molar-refractivity contribution in [1.29, 1.82) is 0 Å². The van der Waals surface area contributed by atoms with Crippen molar-refractivity contribution < 1.29 is 35.9 Å². The molecule has 1 N–H and O–H groups in total. The number of rotatable bonds is 6. The summed E-state index contributed by atoms with van der Waals surface area (Å²) in [5.74, 6) is 0.352. The van der Waals surface area contributed by atoms with Crippen molar-refractivity contribution in [3.05, 3.63) is 58.8 Å². The Hall–Kier alpha value is -3.02. The van der Waals surface area contributed by atoms with Crippen LogP contribution >= 0.6 is 0 Å². The molecule has 0 bridgehead atoms. The summed E-state index contributed by atoms with van der Waals surface area (Å²) in [6.45, 7) is 5.30. The van der Waals surface area contributed by atoms with E-state index in [0.29, 0.717) is 12.4 Å². The zero-order valence-electron chi connectivity index (χ0n) is 20.4. The van der Waals surface area contributed by atoms with Crippen molar-refractivity contribution >= 4 is 11.9 Å². The van der Waals surface area contributed by atoms with Gasteiger partial charge in [-0.1, -0.05) is 12.1 Å². The number of anilines is 1. The third kappa shape index (κ3) is 5.78. The minimum absolute atomic E-state index is 0.0649. The van der Waals surface area contributed by atoms with E-state index < -0.39 is 41.7 Å². The van der Waals surface area contributed by atoms with Crippen LogP contribution in [0.1, 0.15) is 55.0 Å². The zero-order valence-corrected chi connectivity index (χ0v) is 20.4. The molecule has 2 atom stereocenters. The third-order valence-corrected chi connectivity index (χ3v) is 6.91. The Bertz CT molecular complexity index is 1120. The monoisotopic (exact) mass is 530 g/mol. The van der Waals surface area contributed by atoms with Crippen LogP contribution in [0.25, 0.3) is 0 Å². The van der Waals surface area contributed by atoms with E-state index in [1.54, 1.807) is 6.92 Å². The highest BCUT2D eigenvalue weighted by Gasteiger charge is 2.42. The number of pyridine rings is 1. The smallest absolute Gasteiger partial charge is 0.417 e. The van der Waals surface area contributed by atoms with Crippen LogP contribution in [0.3, 0.4) is 0 Å². The van der Waals surface area contributed by atoms with Crippen molar-refractivity contribution in [3.63, 3.8) is 0 Å². The van der Waals surface area contributed by atoms with Gasteiger partial charge in [0.25, 0.3) is 0 Å². The topological polar surface area (TPSA) is 57.7 Å². The third-order valence-electron chi connectivity index (χ3n) is 6.91. The Morgan fingerprint density at radius 3 is 2.38 bits per heavy atom. The number of amides is 1. The normalized spacial score (nSPS) is 21.3. The summed E-state index contributed by atoms with van der Waals surface area (Å²) in [7, 11) is 0. The molecule has 1 amide bonds. The van der Waals surface area contributed by atoms with E-state index in [-0.39, 0.29) is 23.7 Å². The highest BCUT2D eigenvalue weighted by molar-refractivity contribution is 5.71. The number of nitrogens with zero attached hydrogens (tertiary/aromatic N) is 3. The number of alkyl halides is 6. The SMILES string of the molecule is CCN(c1ncc(C(F)(F)F)cc1CN1C(=O)OC(c2cccc(C(F)(F)F)c2)C1C)C1CCNCC1. The van der Waals surface area contributed by atoms with Gasteiger partial charge < -0.3 is 15.0 Å². The number of hydrogen-bond acceptors (Lipinski definition) is 5. The van der Waals surface area contributed by atoms with Gasteiger partial charge in [-0.3, -0.25) is 4.90 Å². The average molecular weight is 531 g/mol. The molecule has 1 aromatic heterocycles. The summed E-state index contributed by atoms with van der Waals surface area (Å²) in [6.07, 6.45) is -8.67. The number of aromatic nitrogens is 1. The first kappa shape index (κ1) is 27.0. The molecule has 0 spiro atoms. The quantitative estimate of drug-likeness (QED) is 0.480. The second-order valence-corrected chi connectivity index (χ2v) is 9.27. The molecule has 1 aromatic carbocycles. The van der Waals surface area contributed by atoms with E-state index in [1.165, 1.54) is 17.0 Å². The first-order valence-electron chi connectivity index (χ1n) is 12.1. The largest absolute Gasteiger partial charge is 0.439 e. The molecule has 0 aliphatic carbocycles. The molecule has 3 heterocycles. The molecule has 6 nitrogen and oxygen atoms in total. The molecule has 4 rings (SSSR count). The summed E-state index contributed by atoms with van der Waals surface area (Å²) in [5.41, 5.74) is -1.46. The van der Waals surface area contributed by atoms with Gasteiger partial charge in [0.15, 0.2) is 0 Å². The lowest BCUT2D eigenvalue weighted by Crippen LogP contribution is -2.44. The number of cyclic esters (lactones) is 1. The van der Waals surface area contributed by atoms with Crippen LogP contribution in [0, 0.1) is 0 Å². The minimum atomic E-state index is -4.64. The molecule has 2 fully saturated rings. The number of ether oxygens (including phenoxy) is 1. The van der Waals surface area contributed by atoms with Crippen LogP contribution in [0.2, 0.25) is 0 Å². The lowest BCUT2D eigenvalue weighted by Gasteiger charge is -2.36. The molecule has 0 radical (unpaired) electrons. The Kier molecular flexibility index (Phi) is 7.59. The number of benzene rings is 1. The fourth-order valence-corrected chi connectivity index (χ4v) is 4.97. The van der Waals surface area contributed by atoms with E-state index in [9.17, 15) is 31.1 Å². The highest BCUT2D eigenvalue weighted by atomic mass is 19.4. The maximum absolute atomic E-state index is 13.6. The molecule has 2 unspecified atom stereocenters. The van der Waals surface area contributed by atoms with E-state index in [1.807, 2.05) is 11.8 Å². The van der Waals surface area contributed by atoms with Crippen molar-refractivity contribution in [3.8, 4) is 0 Å². The molecule has 37 heavy (non-hydrogen) atoms. The summed E-state index contributed by atoms with van der Waals surface area (Å²) in [5, 5.41) is 3.26. The molecule has 2 aliphatic rings. The van der Waals surface area contributed by atoms with Gasteiger partial charge >= 0.3 is 18.4 Å². The van der Waals surface area contributed by atoms with Gasteiger partial charge in [-0.05, 0) is 63.5 Å². The number of piperidine rings is 1. The lowest BCUT2D eigenvalue weighted by atomic mass is 10.00. The summed E-state index contributed by atoms with van der Waals surface area (Å²) in [6, 6.07) is 4.83. The number of carbonyl (C=O) groups excluding carboxylic acids is 1. The van der Waals surface area contributed by atoms with Gasteiger partial charge in [0.05, 0.1) is 23.7 Å². The van der Waals surface area contributed by atoms with Crippen LogP contribution in [0.5, 0.6) is 0 Å². The van der Waals surface area contributed by atoms with Crippen molar-refractivity contribution in [2.45, 2.75) is 63.8 Å². The highest BCUT2D eigenvalue weighted by Crippen LogP contribution is 2.39. The predicted octanol–water partition coefficient (Wildman–Crippen LogP) is 5.78. The fourth-order valence-electron chi connectivity index (χ4n) is 4.97. The van der Waals surface area contributed by atoms with Crippen molar-refractivity contribution in [1.82, 2.24) is 15.2 Å². The maximum Gasteiger partial charge on any atom is 0.417 e. The van der Waals surface area contributed by atoms with E-state index in [4.69, 9.17) is 4.74 Å². The first-order chi connectivity index (χ1) is 17.4. The van der Waals surface area contributed by atoms with E-state index in [0.717, 1.165) is 50.3 Å². The summed E-state index contributed by atoms with van der Waals surface area (Å²) in [4.78, 5) is 20.2. The van der Waals surface area contributed by atoms with Crippen LogP contribution < -0.4 is 10.2 Å². The standard InChI is InChI=1S/C25H28F6N4O2/c1-3-34(20-7-9-32-10-8-20)22-17(12-19(13-33-22)25(29,30)31)14-35-15(2)21(37-23(35)36)16-5-4-6-18(11-16)24(26,27)28/h4-6,11-13,15,20-21,32H,3,7-10,14H2,1-2H3. The summed E-state index contributed by atoms with van der Waals surface area (Å²) >= 11 is 0. The molecular formula is C25H28F6N4O2. The Morgan fingerprint density at radius 2 is 1.76 bits per heavy atom. The van der Waals surface area contributed by atoms with Crippen molar-refractivity contribution in [2.75, 3.05) is 24.5 Å². The van der Waals surface area contributed by atoms with Crippen LogP contribution in [0.15, 0.2) is 36.5 Å². The molecule has 2 aliphatic heterocycles. The van der Waals surface area contributed by atoms with Crippen LogP contribution in [0.4, 0.5) is 37.0 Å². The molecule has 12 heteroatoms. The van der Waals surface area contributed by atoms with Crippen LogP contribution in [-0.4, -0.2) is 47.7 Å². The van der Waals surface area contributed by atoms with Gasteiger partial charge in [-0.2, -0.15) is 26.3 Å². The Labute approximate surface area is 210 Å². The Morgan fingerprint density at radius 1 is 1.08 bits per heavy atom. The van der Waals surface area contributed by atoms with Crippen molar-refractivity contribution in [2.24, 2.45) is 0 Å². The number of hydrogen-bond donors (Lipinski definition) is 1. The number of nitrogens with one attached hydrogen (secondary N) is 1. The van der Waals surface area contributed by atoms with E-state index >= 15 is 0 Å².